The summed E-state index contributed by atoms with van der Waals surface area (Å²) in [6.45, 7) is 8.94. The average Bonchev–Trinajstić information content (AvgIpc) is 3.40. The van der Waals surface area contributed by atoms with Crippen LogP contribution in [0.5, 0.6) is 0 Å². The Labute approximate surface area is 202 Å². The topological polar surface area (TPSA) is 49.7 Å². The zero-order valence-corrected chi connectivity index (χ0v) is 21.5. The van der Waals surface area contributed by atoms with Crippen LogP contribution in [0.4, 0.5) is 0 Å². The summed E-state index contributed by atoms with van der Waals surface area (Å²) >= 11 is 0. The fraction of sp³-hybridized carbons (Fsp3) is 0.800. The third-order valence-corrected chi connectivity index (χ3v) is 10.3. The van der Waals surface area contributed by atoms with Crippen LogP contribution in [0.15, 0.2) is 35.5 Å². The van der Waals surface area contributed by atoms with Crippen molar-refractivity contribution < 1.29 is 14.9 Å². The van der Waals surface area contributed by atoms with Gasteiger partial charge >= 0.3 is 0 Å². The monoisotopic (exact) mass is 456 g/mol. The zero-order valence-electron chi connectivity index (χ0n) is 21.5. The summed E-state index contributed by atoms with van der Waals surface area (Å²) < 4.78 is 5.97. The van der Waals surface area contributed by atoms with E-state index < -0.39 is 12.2 Å². The lowest BCUT2D eigenvalue weighted by atomic mass is 9.60. The number of fused-ring (bicyclic) bond motifs is 1. The second-order valence-electron chi connectivity index (χ2n) is 12.1. The summed E-state index contributed by atoms with van der Waals surface area (Å²) in [7, 11) is 1.92. The maximum absolute atomic E-state index is 10.2. The van der Waals surface area contributed by atoms with Crippen LogP contribution in [0.1, 0.15) is 104 Å². The van der Waals surface area contributed by atoms with Gasteiger partial charge < -0.3 is 14.9 Å². The Bertz CT molecular complexity index is 743. The van der Waals surface area contributed by atoms with Crippen molar-refractivity contribution in [3.05, 3.63) is 35.5 Å². The summed E-state index contributed by atoms with van der Waals surface area (Å²) in [6.07, 6.45) is 20.2. The van der Waals surface area contributed by atoms with Gasteiger partial charge in [-0.15, -0.1) is 0 Å². The predicted molar refractivity (Wildman–Crippen MR) is 136 cm³/mol. The molecule has 0 saturated heterocycles. The lowest BCUT2D eigenvalue weighted by Gasteiger charge is -2.44. The Balaban J connectivity index is 1.38. The first-order chi connectivity index (χ1) is 15.8. The SMILES string of the molecule is C=C1[C@H](O)CC(=C/C=C2\CCC[C@@]3(C)C2CCC3[C@@H](C)CCCC2(OC)CCCC2)C[C@H]1O. The normalized spacial score (nSPS) is 38.5. The summed E-state index contributed by atoms with van der Waals surface area (Å²) in [5, 5.41) is 20.4. The van der Waals surface area contributed by atoms with Gasteiger partial charge in [0.05, 0.1) is 17.8 Å². The van der Waals surface area contributed by atoms with Gasteiger partial charge in [-0.3, -0.25) is 0 Å². The molecule has 0 aromatic rings. The maximum atomic E-state index is 10.2. The van der Waals surface area contributed by atoms with Gasteiger partial charge in [0, 0.05) is 7.11 Å². The Morgan fingerprint density at radius 1 is 1.06 bits per heavy atom. The van der Waals surface area contributed by atoms with E-state index >= 15 is 0 Å². The summed E-state index contributed by atoms with van der Waals surface area (Å²) in [5.41, 5.74) is 3.95. The van der Waals surface area contributed by atoms with Crippen LogP contribution in [0.25, 0.3) is 0 Å². The van der Waals surface area contributed by atoms with Gasteiger partial charge in [0.25, 0.3) is 0 Å². The third-order valence-electron chi connectivity index (χ3n) is 10.3. The van der Waals surface area contributed by atoms with Gasteiger partial charge in [0.2, 0.25) is 0 Å². The Morgan fingerprint density at radius 3 is 2.42 bits per heavy atom. The van der Waals surface area contributed by atoms with Crippen molar-refractivity contribution in [1.82, 2.24) is 0 Å². The number of allylic oxidation sites excluding steroid dienone is 3. The standard InChI is InChI=1S/C30H48O3/c1-21(9-7-18-30(33-4)16-5-6-17-30)25-13-14-26-24(10-8-15-29(25,26)3)12-11-23-19-27(31)22(2)28(32)20-23/h11-12,21,25-28,31-32H,2,5-10,13-20H2,1,3-4H3/b24-12+/t21-,25?,26?,27+,28+,29+/m0/s1. The molecular formula is C30H48O3. The van der Waals surface area contributed by atoms with Crippen LogP contribution in [0.3, 0.4) is 0 Å². The fourth-order valence-electron chi connectivity index (χ4n) is 8.16. The number of hydrogen-bond donors (Lipinski definition) is 2. The van der Waals surface area contributed by atoms with E-state index in [1.54, 1.807) is 5.57 Å². The highest BCUT2D eigenvalue weighted by atomic mass is 16.5. The number of hydrogen-bond acceptors (Lipinski definition) is 3. The molecule has 0 radical (unpaired) electrons. The molecule has 4 aliphatic rings. The van der Waals surface area contributed by atoms with Crippen molar-refractivity contribution in [2.45, 2.75) is 122 Å². The van der Waals surface area contributed by atoms with E-state index in [9.17, 15) is 10.2 Å². The third kappa shape index (κ3) is 5.21. The minimum atomic E-state index is -0.604. The average molecular weight is 457 g/mol. The van der Waals surface area contributed by atoms with E-state index in [-0.39, 0.29) is 5.60 Å². The van der Waals surface area contributed by atoms with E-state index in [2.05, 4.69) is 32.6 Å². The Kier molecular flexibility index (Phi) is 7.93. The van der Waals surface area contributed by atoms with Gasteiger partial charge in [0.15, 0.2) is 0 Å². The molecule has 4 rings (SSSR count). The van der Waals surface area contributed by atoms with Crippen LogP contribution in [-0.4, -0.2) is 35.1 Å². The molecule has 0 aromatic carbocycles. The highest BCUT2D eigenvalue weighted by Gasteiger charge is 2.50. The van der Waals surface area contributed by atoms with Gasteiger partial charge in [-0.2, -0.15) is 0 Å². The summed E-state index contributed by atoms with van der Waals surface area (Å²) in [6, 6.07) is 0. The highest BCUT2D eigenvalue weighted by molar-refractivity contribution is 5.29. The predicted octanol–water partition coefficient (Wildman–Crippen LogP) is 6.89. The molecule has 186 valence electrons. The van der Waals surface area contributed by atoms with Crippen molar-refractivity contribution in [3.8, 4) is 0 Å². The zero-order chi connectivity index (χ0) is 23.6. The summed E-state index contributed by atoms with van der Waals surface area (Å²) in [4.78, 5) is 0. The van der Waals surface area contributed by atoms with Crippen molar-refractivity contribution in [3.63, 3.8) is 0 Å². The molecule has 4 saturated carbocycles. The smallest absolute Gasteiger partial charge is 0.0809 e. The molecule has 0 bridgehead atoms. The number of aliphatic hydroxyl groups excluding tert-OH is 2. The molecule has 0 spiro atoms. The number of methoxy groups -OCH3 is 1. The summed E-state index contributed by atoms with van der Waals surface area (Å²) in [5.74, 6) is 2.30. The van der Waals surface area contributed by atoms with Crippen molar-refractivity contribution in [2.75, 3.05) is 7.11 Å². The molecule has 3 heteroatoms. The molecule has 4 aliphatic carbocycles. The molecule has 0 amide bonds. The van der Waals surface area contributed by atoms with E-state index in [1.807, 2.05) is 7.11 Å². The maximum Gasteiger partial charge on any atom is 0.0809 e. The molecule has 4 fully saturated rings. The first-order valence-corrected chi connectivity index (χ1v) is 13.8. The van der Waals surface area contributed by atoms with Gasteiger partial charge in [-0.1, -0.05) is 69.4 Å². The molecule has 2 unspecified atom stereocenters. The van der Waals surface area contributed by atoms with Crippen molar-refractivity contribution >= 4 is 0 Å². The number of rotatable bonds is 7. The second-order valence-corrected chi connectivity index (χ2v) is 12.1. The van der Waals surface area contributed by atoms with Gasteiger partial charge in [-0.05, 0) is 93.0 Å². The number of aliphatic hydroxyl groups is 2. The second kappa shape index (κ2) is 10.4. The van der Waals surface area contributed by atoms with Crippen molar-refractivity contribution in [2.24, 2.45) is 23.2 Å². The lowest BCUT2D eigenvalue weighted by molar-refractivity contribution is -0.0150. The van der Waals surface area contributed by atoms with Crippen LogP contribution in [0.2, 0.25) is 0 Å². The molecule has 6 atom stereocenters. The fourth-order valence-corrected chi connectivity index (χ4v) is 8.16. The minimum Gasteiger partial charge on any atom is -0.388 e. The molecule has 3 nitrogen and oxygen atoms in total. The van der Waals surface area contributed by atoms with Crippen LogP contribution in [-0.2, 0) is 4.74 Å². The lowest BCUT2D eigenvalue weighted by Crippen LogP contribution is -2.36. The Morgan fingerprint density at radius 2 is 1.76 bits per heavy atom. The first-order valence-electron chi connectivity index (χ1n) is 13.8. The molecule has 0 heterocycles. The van der Waals surface area contributed by atoms with E-state index in [4.69, 9.17) is 4.74 Å². The van der Waals surface area contributed by atoms with Crippen LogP contribution >= 0.6 is 0 Å². The molecular weight excluding hydrogens is 408 g/mol. The van der Waals surface area contributed by atoms with Crippen molar-refractivity contribution in [1.29, 1.82) is 0 Å². The van der Waals surface area contributed by atoms with Crippen LogP contribution in [0, 0.1) is 23.2 Å². The van der Waals surface area contributed by atoms with E-state index in [1.165, 1.54) is 77.0 Å². The quantitative estimate of drug-likeness (QED) is 0.410. The Hall–Kier alpha value is -0.900. The number of ether oxygens (including phenoxy) is 1. The molecule has 0 aromatic heterocycles. The molecule has 2 N–H and O–H groups in total. The minimum absolute atomic E-state index is 0.183. The van der Waals surface area contributed by atoms with Crippen LogP contribution < -0.4 is 0 Å². The highest BCUT2D eigenvalue weighted by Crippen LogP contribution is 2.60. The largest absolute Gasteiger partial charge is 0.388 e. The van der Waals surface area contributed by atoms with E-state index in [0.29, 0.717) is 29.7 Å². The molecule has 0 aliphatic heterocycles. The van der Waals surface area contributed by atoms with Gasteiger partial charge in [-0.25, -0.2) is 0 Å². The van der Waals surface area contributed by atoms with E-state index in [0.717, 1.165) is 17.4 Å². The molecule has 33 heavy (non-hydrogen) atoms. The first kappa shape index (κ1) is 25.2. The van der Waals surface area contributed by atoms with Gasteiger partial charge in [0.1, 0.15) is 0 Å².